The number of benzene rings is 1. The first kappa shape index (κ1) is 11.1. The lowest BCUT2D eigenvalue weighted by Gasteiger charge is -2.37. The van der Waals surface area contributed by atoms with Crippen molar-refractivity contribution in [2.45, 2.75) is 50.6 Å². The second kappa shape index (κ2) is 3.74. The normalized spacial score (nSPS) is 28.2. The van der Waals surface area contributed by atoms with Crippen molar-refractivity contribution in [1.82, 2.24) is 5.32 Å². The SMILES string of the molecule is CCC1(CC)c2cc(OC)ccc2C[C@@H]2N[C@H]21. The van der Waals surface area contributed by atoms with Crippen molar-refractivity contribution < 1.29 is 4.74 Å². The van der Waals surface area contributed by atoms with E-state index in [0.29, 0.717) is 11.5 Å². The molecule has 1 heterocycles. The van der Waals surface area contributed by atoms with Crippen molar-refractivity contribution in [3.63, 3.8) is 0 Å². The van der Waals surface area contributed by atoms with Crippen LogP contribution in [0.5, 0.6) is 5.75 Å². The van der Waals surface area contributed by atoms with Crippen LogP contribution in [-0.4, -0.2) is 19.2 Å². The number of ether oxygens (including phenoxy) is 1. The zero-order valence-corrected chi connectivity index (χ0v) is 10.9. The van der Waals surface area contributed by atoms with Crippen molar-refractivity contribution in [3.8, 4) is 5.75 Å². The summed E-state index contributed by atoms with van der Waals surface area (Å²) in [5.41, 5.74) is 3.36. The van der Waals surface area contributed by atoms with Crippen molar-refractivity contribution in [3.05, 3.63) is 29.3 Å². The predicted octanol–water partition coefficient (Wildman–Crippen LogP) is 2.65. The molecular formula is C15H21NO. The number of fused-ring (bicyclic) bond motifs is 2. The highest BCUT2D eigenvalue weighted by Crippen LogP contribution is 2.48. The Balaban J connectivity index is 2.13. The summed E-state index contributed by atoms with van der Waals surface area (Å²) in [6.45, 7) is 4.63. The Morgan fingerprint density at radius 2 is 2.12 bits per heavy atom. The van der Waals surface area contributed by atoms with Gasteiger partial charge in [0.2, 0.25) is 0 Å². The summed E-state index contributed by atoms with van der Waals surface area (Å²) in [4.78, 5) is 0. The zero-order valence-electron chi connectivity index (χ0n) is 10.9. The number of rotatable bonds is 3. The van der Waals surface area contributed by atoms with Crippen molar-refractivity contribution in [1.29, 1.82) is 0 Å². The molecule has 0 spiro atoms. The van der Waals surface area contributed by atoms with E-state index in [0.717, 1.165) is 11.8 Å². The van der Waals surface area contributed by atoms with Crippen LogP contribution in [0, 0.1) is 0 Å². The summed E-state index contributed by atoms with van der Waals surface area (Å²) in [7, 11) is 1.75. The van der Waals surface area contributed by atoms with Gasteiger partial charge in [0.1, 0.15) is 5.75 Å². The van der Waals surface area contributed by atoms with E-state index in [1.165, 1.54) is 30.4 Å². The molecule has 0 bridgehead atoms. The van der Waals surface area contributed by atoms with Gasteiger partial charge in [-0.25, -0.2) is 0 Å². The van der Waals surface area contributed by atoms with Gasteiger partial charge >= 0.3 is 0 Å². The minimum Gasteiger partial charge on any atom is -0.497 e. The van der Waals surface area contributed by atoms with Crippen LogP contribution in [0.3, 0.4) is 0 Å². The topological polar surface area (TPSA) is 31.2 Å². The Morgan fingerprint density at radius 3 is 2.76 bits per heavy atom. The lowest BCUT2D eigenvalue weighted by molar-refractivity contribution is 0.360. The number of hydrogen-bond donors (Lipinski definition) is 1. The first-order valence-electron chi connectivity index (χ1n) is 6.68. The standard InChI is InChI=1S/C15H21NO/c1-4-15(5-2)12-9-11(17-3)7-6-10(12)8-13-14(15)16-13/h6-7,9,13-14,16H,4-5,8H2,1-3H3/t13-,14+/m0/s1. The Bertz CT molecular complexity index is 437. The van der Waals surface area contributed by atoms with Crippen LogP contribution in [0.15, 0.2) is 18.2 Å². The third-order valence-corrected chi connectivity index (χ3v) is 4.84. The molecule has 1 aromatic rings. The van der Waals surface area contributed by atoms with Crippen LogP contribution >= 0.6 is 0 Å². The van der Waals surface area contributed by atoms with Gasteiger partial charge in [0.05, 0.1) is 7.11 Å². The van der Waals surface area contributed by atoms with E-state index < -0.39 is 0 Å². The van der Waals surface area contributed by atoms with E-state index in [9.17, 15) is 0 Å². The molecule has 1 N–H and O–H groups in total. The Kier molecular flexibility index (Phi) is 2.44. The van der Waals surface area contributed by atoms with Crippen LogP contribution in [-0.2, 0) is 11.8 Å². The molecule has 1 saturated heterocycles. The molecule has 17 heavy (non-hydrogen) atoms. The fourth-order valence-corrected chi connectivity index (χ4v) is 3.70. The summed E-state index contributed by atoms with van der Waals surface area (Å²) < 4.78 is 5.39. The summed E-state index contributed by atoms with van der Waals surface area (Å²) in [6, 6.07) is 8.02. The Hall–Kier alpha value is -1.02. The van der Waals surface area contributed by atoms with E-state index in [1.807, 2.05) is 0 Å². The van der Waals surface area contributed by atoms with Gasteiger partial charge in [-0.2, -0.15) is 0 Å². The summed E-state index contributed by atoms with van der Waals surface area (Å²) in [5, 5.41) is 3.67. The second-order valence-corrected chi connectivity index (χ2v) is 5.34. The molecule has 2 nitrogen and oxygen atoms in total. The van der Waals surface area contributed by atoms with Crippen LogP contribution in [0.25, 0.3) is 0 Å². The lowest BCUT2D eigenvalue weighted by atomic mass is 9.66. The molecule has 1 aliphatic carbocycles. The molecule has 0 aromatic heterocycles. The van der Waals surface area contributed by atoms with Crippen molar-refractivity contribution in [2.75, 3.05) is 7.11 Å². The largest absolute Gasteiger partial charge is 0.497 e. The average Bonchev–Trinajstić information content (AvgIpc) is 3.15. The zero-order chi connectivity index (χ0) is 12.0. The van der Waals surface area contributed by atoms with Crippen LogP contribution in [0.1, 0.15) is 37.8 Å². The molecule has 92 valence electrons. The first-order valence-corrected chi connectivity index (χ1v) is 6.68. The molecule has 0 amide bonds. The monoisotopic (exact) mass is 231 g/mol. The second-order valence-electron chi connectivity index (χ2n) is 5.34. The summed E-state index contributed by atoms with van der Waals surface area (Å²) in [5.74, 6) is 0.995. The Labute approximate surface area is 103 Å². The molecule has 2 atom stereocenters. The molecular weight excluding hydrogens is 210 g/mol. The Morgan fingerprint density at radius 1 is 1.35 bits per heavy atom. The highest BCUT2D eigenvalue weighted by Gasteiger charge is 2.55. The molecule has 1 aromatic carbocycles. The third-order valence-electron chi connectivity index (χ3n) is 4.84. The molecule has 0 radical (unpaired) electrons. The fourth-order valence-electron chi connectivity index (χ4n) is 3.70. The highest BCUT2D eigenvalue weighted by molar-refractivity contribution is 5.47. The summed E-state index contributed by atoms with van der Waals surface area (Å²) in [6.07, 6.45) is 3.60. The van der Waals surface area contributed by atoms with Crippen LogP contribution in [0.2, 0.25) is 0 Å². The average molecular weight is 231 g/mol. The molecule has 3 rings (SSSR count). The predicted molar refractivity (Wildman–Crippen MR) is 69.7 cm³/mol. The lowest BCUT2D eigenvalue weighted by Crippen LogP contribution is -2.37. The first-order chi connectivity index (χ1) is 8.25. The van der Waals surface area contributed by atoms with Gasteiger partial charge in [0, 0.05) is 17.5 Å². The molecule has 1 aliphatic heterocycles. The van der Waals surface area contributed by atoms with Gasteiger partial charge in [-0.3, -0.25) is 0 Å². The van der Waals surface area contributed by atoms with Gasteiger partial charge < -0.3 is 10.1 Å². The minimum absolute atomic E-state index is 0.326. The van der Waals surface area contributed by atoms with Crippen LogP contribution < -0.4 is 10.1 Å². The van der Waals surface area contributed by atoms with Gasteiger partial charge in [-0.15, -0.1) is 0 Å². The van der Waals surface area contributed by atoms with Gasteiger partial charge in [-0.1, -0.05) is 19.9 Å². The number of hydrogen-bond acceptors (Lipinski definition) is 2. The third kappa shape index (κ3) is 1.43. The molecule has 2 aliphatic rings. The van der Waals surface area contributed by atoms with Gasteiger partial charge in [0.25, 0.3) is 0 Å². The molecule has 1 fully saturated rings. The fraction of sp³-hybridized carbons (Fsp3) is 0.600. The summed E-state index contributed by atoms with van der Waals surface area (Å²) >= 11 is 0. The smallest absolute Gasteiger partial charge is 0.119 e. The number of methoxy groups -OCH3 is 1. The maximum Gasteiger partial charge on any atom is 0.119 e. The maximum atomic E-state index is 5.39. The van der Waals surface area contributed by atoms with E-state index in [4.69, 9.17) is 4.74 Å². The van der Waals surface area contributed by atoms with E-state index in [-0.39, 0.29) is 0 Å². The van der Waals surface area contributed by atoms with Gasteiger partial charge in [-0.05, 0) is 42.5 Å². The maximum absolute atomic E-state index is 5.39. The van der Waals surface area contributed by atoms with Gasteiger partial charge in [0.15, 0.2) is 0 Å². The van der Waals surface area contributed by atoms with E-state index in [1.54, 1.807) is 7.11 Å². The van der Waals surface area contributed by atoms with Crippen molar-refractivity contribution >= 4 is 0 Å². The van der Waals surface area contributed by atoms with Crippen molar-refractivity contribution in [2.24, 2.45) is 0 Å². The number of nitrogens with one attached hydrogen (secondary N) is 1. The van der Waals surface area contributed by atoms with E-state index >= 15 is 0 Å². The molecule has 0 saturated carbocycles. The quantitative estimate of drug-likeness (QED) is 0.811. The van der Waals surface area contributed by atoms with E-state index in [2.05, 4.69) is 37.4 Å². The minimum atomic E-state index is 0.326. The molecule has 0 unspecified atom stereocenters. The van der Waals surface area contributed by atoms with Crippen LogP contribution in [0.4, 0.5) is 0 Å². The molecule has 2 heteroatoms. The highest BCUT2D eigenvalue weighted by atomic mass is 16.5.